The molecule has 0 bridgehead atoms. The molecule has 2 aliphatic rings. The van der Waals surface area contributed by atoms with Crippen LogP contribution in [0.15, 0.2) is 24.3 Å². The fourth-order valence-corrected chi connectivity index (χ4v) is 4.08. The second-order valence-corrected chi connectivity index (χ2v) is 7.79. The summed E-state index contributed by atoms with van der Waals surface area (Å²) in [4.78, 5) is 21.2. The molecule has 1 amide bonds. The van der Waals surface area contributed by atoms with Crippen molar-refractivity contribution in [2.24, 2.45) is 0 Å². The normalized spacial score (nSPS) is 21.9. The standard InChI is InChI=1S/C21H28N4O2/c1-15-4-5-19-16(11-15)12-17(13-24-9-6-20(27)22-7-10-24)21(23-19)25-8-2-3-18(26)14-25/h4-5,11-12,18,26H,2-3,6-10,13-14H2,1H3,(H,22,27). The van der Waals surface area contributed by atoms with Crippen LogP contribution in [0.5, 0.6) is 0 Å². The Morgan fingerprint density at radius 1 is 1.26 bits per heavy atom. The Labute approximate surface area is 160 Å². The summed E-state index contributed by atoms with van der Waals surface area (Å²) >= 11 is 0. The molecule has 144 valence electrons. The molecule has 2 fully saturated rings. The number of benzene rings is 1. The Morgan fingerprint density at radius 2 is 2.15 bits per heavy atom. The summed E-state index contributed by atoms with van der Waals surface area (Å²) in [5.74, 6) is 1.11. The van der Waals surface area contributed by atoms with Gasteiger partial charge in [0, 0.05) is 56.6 Å². The smallest absolute Gasteiger partial charge is 0.221 e. The largest absolute Gasteiger partial charge is 0.391 e. The number of carbonyl (C=O) groups excluding carboxylic acids is 1. The number of aromatic nitrogens is 1. The number of rotatable bonds is 3. The summed E-state index contributed by atoms with van der Waals surface area (Å²) in [6.45, 7) is 6.73. The van der Waals surface area contributed by atoms with E-state index in [1.165, 1.54) is 11.1 Å². The first-order chi connectivity index (χ1) is 13.1. The lowest BCUT2D eigenvalue weighted by Gasteiger charge is -2.33. The zero-order valence-electron chi connectivity index (χ0n) is 15.9. The van der Waals surface area contributed by atoms with Crippen LogP contribution in [-0.4, -0.2) is 59.7 Å². The molecule has 4 rings (SSSR count). The number of piperidine rings is 1. The second kappa shape index (κ2) is 7.82. The van der Waals surface area contributed by atoms with Crippen LogP contribution >= 0.6 is 0 Å². The van der Waals surface area contributed by atoms with Gasteiger partial charge in [0.15, 0.2) is 0 Å². The minimum absolute atomic E-state index is 0.129. The number of nitrogens with zero attached hydrogens (tertiary/aromatic N) is 3. The van der Waals surface area contributed by atoms with Gasteiger partial charge in [-0.3, -0.25) is 9.69 Å². The molecule has 1 atom stereocenters. The lowest BCUT2D eigenvalue weighted by atomic mass is 10.1. The number of fused-ring (bicyclic) bond motifs is 1. The van der Waals surface area contributed by atoms with Crippen LogP contribution in [0.1, 0.15) is 30.4 Å². The summed E-state index contributed by atoms with van der Waals surface area (Å²) in [7, 11) is 0. The summed E-state index contributed by atoms with van der Waals surface area (Å²) in [5.41, 5.74) is 3.39. The van der Waals surface area contributed by atoms with Crippen molar-refractivity contribution in [3.63, 3.8) is 0 Å². The van der Waals surface area contributed by atoms with Crippen LogP contribution in [0.3, 0.4) is 0 Å². The molecule has 2 N–H and O–H groups in total. The number of carbonyl (C=O) groups is 1. The predicted molar refractivity (Wildman–Crippen MR) is 107 cm³/mol. The molecule has 0 radical (unpaired) electrons. The van der Waals surface area contributed by atoms with Crippen molar-refractivity contribution < 1.29 is 9.90 Å². The minimum atomic E-state index is -0.290. The van der Waals surface area contributed by atoms with E-state index in [4.69, 9.17) is 4.98 Å². The highest BCUT2D eigenvalue weighted by Crippen LogP contribution is 2.28. The van der Waals surface area contributed by atoms with Crippen LogP contribution in [0.4, 0.5) is 5.82 Å². The quantitative estimate of drug-likeness (QED) is 0.865. The van der Waals surface area contributed by atoms with Crippen molar-refractivity contribution in [1.29, 1.82) is 0 Å². The van der Waals surface area contributed by atoms with Gasteiger partial charge < -0.3 is 15.3 Å². The Balaban J connectivity index is 1.69. The number of β-amino-alcohol motifs (C(OH)–C–C–N with tert-alkyl or cyclic N) is 1. The van der Waals surface area contributed by atoms with Crippen LogP contribution in [-0.2, 0) is 11.3 Å². The highest BCUT2D eigenvalue weighted by atomic mass is 16.3. The number of aliphatic hydroxyl groups excluding tert-OH is 1. The fourth-order valence-electron chi connectivity index (χ4n) is 4.08. The fraction of sp³-hybridized carbons (Fsp3) is 0.524. The molecule has 6 heteroatoms. The number of hydrogen-bond acceptors (Lipinski definition) is 5. The van der Waals surface area contributed by atoms with Crippen LogP contribution in [0.25, 0.3) is 10.9 Å². The van der Waals surface area contributed by atoms with Crippen molar-refractivity contribution in [2.75, 3.05) is 37.6 Å². The molecular formula is C21H28N4O2. The van der Waals surface area contributed by atoms with Gasteiger partial charge in [-0.1, -0.05) is 11.6 Å². The molecule has 2 aliphatic heterocycles. The molecule has 6 nitrogen and oxygen atoms in total. The number of amides is 1. The van der Waals surface area contributed by atoms with Gasteiger partial charge >= 0.3 is 0 Å². The molecular weight excluding hydrogens is 340 g/mol. The number of anilines is 1. The van der Waals surface area contributed by atoms with Crippen molar-refractivity contribution >= 4 is 22.6 Å². The van der Waals surface area contributed by atoms with Gasteiger partial charge in [-0.2, -0.15) is 0 Å². The zero-order chi connectivity index (χ0) is 18.8. The Hall–Kier alpha value is -2.18. The zero-order valence-corrected chi connectivity index (χ0v) is 15.9. The Kier molecular flexibility index (Phi) is 5.27. The molecule has 27 heavy (non-hydrogen) atoms. The van der Waals surface area contributed by atoms with E-state index < -0.39 is 0 Å². The van der Waals surface area contributed by atoms with E-state index >= 15 is 0 Å². The third kappa shape index (κ3) is 4.22. The van der Waals surface area contributed by atoms with Gasteiger partial charge in [-0.15, -0.1) is 0 Å². The van der Waals surface area contributed by atoms with Crippen molar-refractivity contribution in [1.82, 2.24) is 15.2 Å². The first kappa shape index (κ1) is 18.2. The van der Waals surface area contributed by atoms with E-state index in [0.717, 1.165) is 55.7 Å². The molecule has 0 spiro atoms. The predicted octanol–water partition coefficient (Wildman–Crippen LogP) is 1.83. The number of aryl methyl sites for hydroxylation is 1. The highest BCUT2D eigenvalue weighted by molar-refractivity contribution is 5.82. The maximum Gasteiger partial charge on any atom is 0.221 e. The van der Waals surface area contributed by atoms with Crippen LogP contribution < -0.4 is 10.2 Å². The summed E-state index contributed by atoms with van der Waals surface area (Å²) < 4.78 is 0. The topological polar surface area (TPSA) is 68.7 Å². The lowest BCUT2D eigenvalue weighted by molar-refractivity contribution is -0.120. The third-order valence-electron chi connectivity index (χ3n) is 5.52. The van der Waals surface area contributed by atoms with E-state index in [1.54, 1.807) is 0 Å². The molecule has 2 aromatic rings. The summed E-state index contributed by atoms with van der Waals surface area (Å²) in [5, 5.41) is 14.2. The molecule has 2 saturated heterocycles. The second-order valence-electron chi connectivity index (χ2n) is 7.79. The molecule has 3 heterocycles. The molecule has 1 unspecified atom stereocenters. The van der Waals surface area contributed by atoms with Gasteiger partial charge in [0.1, 0.15) is 5.82 Å². The maximum absolute atomic E-state index is 11.7. The van der Waals surface area contributed by atoms with E-state index in [0.29, 0.717) is 19.5 Å². The van der Waals surface area contributed by atoms with E-state index in [-0.39, 0.29) is 12.0 Å². The van der Waals surface area contributed by atoms with Crippen molar-refractivity contribution in [2.45, 2.75) is 38.8 Å². The van der Waals surface area contributed by atoms with Crippen LogP contribution in [0.2, 0.25) is 0 Å². The van der Waals surface area contributed by atoms with Gasteiger partial charge in [-0.25, -0.2) is 4.98 Å². The van der Waals surface area contributed by atoms with Gasteiger partial charge in [-0.05, 0) is 38.0 Å². The molecule has 1 aromatic carbocycles. The first-order valence-electron chi connectivity index (χ1n) is 9.91. The Bertz CT molecular complexity index is 838. The van der Waals surface area contributed by atoms with E-state index in [2.05, 4.69) is 46.3 Å². The molecule has 0 saturated carbocycles. The number of pyridine rings is 1. The average molecular weight is 368 g/mol. The molecule has 1 aromatic heterocycles. The molecule has 0 aliphatic carbocycles. The minimum Gasteiger partial charge on any atom is -0.391 e. The summed E-state index contributed by atoms with van der Waals surface area (Å²) in [6, 6.07) is 8.59. The number of hydrogen-bond donors (Lipinski definition) is 2. The van der Waals surface area contributed by atoms with Gasteiger partial charge in [0.2, 0.25) is 5.91 Å². The van der Waals surface area contributed by atoms with Gasteiger partial charge in [0.25, 0.3) is 0 Å². The Morgan fingerprint density at radius 3 is 3.00 bits per heavy atom. The monoisotopic (exact) mass is 368 g/mol. The first-order valence-corrected chi connectivity index (χ1v) is 9.91. The third-order valence-corrected chi connectivity index (χ3v) is 5.52. The van der Waals surface area contributed by atoms with E-state index in [1.807, 2.05) is 0 Å². The van der Waals surface area contributed by atoms with Crippen molar-refractivity contribution in [3.05, 3.63) is 35.4 Å². The average Bonchev–Trinajstić information content (AvgIpc) is 2.85. The number of aliphatic hydroxyl groups is 1. The SMILES string of the molecule is Cc1ccc2nc(N3CCCC(O)C3)c(CN3CCNC(=O)CC3)cc2c1. The lowest BCUT2D eigenvalue weighted by Crippen LogP contribution is -2.39. The van der Waals surface area contributed by atoms with Crippen LogP contribution in [0, 0.1) is 6.92 Å². The number of nitrogens with one attached hydrogen (secondary N) is 1. The van der Waals surface area contributed by atoms with E-state index in [9.17, 15) is 9.90 Å². The highest BCUT2D eigenvalue weighted by Gasteiger charge is 2.23. The van der Waals surface area contributed by atoms with Gasteiger partial charge in [0.05, 0.1) is 11.6 Å². The summed E-state index contributed by atoms with van der Waals surface area (Å²) in [6.07, 6.45) is 2.09. The maximum atomic E-state index is 11.7. The van der Waals surface area contributed by atoms with Crippen molar-refractivity contribution in [3.8, 4) is 0 Å².